The fraction of sp³-hybridized carbons (Fsp3) is 0.417. The van der Waals surface area contributed by atoms with E-state index < -0.39 is 0 Å². The molecule has 92 valence electrons. The number of halogens is 1. The van der Waals surface area contributed by atoms with Crippen LogP contribution in [-0.2, 0) is 13.5 Å². The highest BCUT2D eigenvalue weighted by Gasteiger charge is 2.11. The zero-order chi connectivity index (χ0) is 12.3. The van der Waals surface area contributed by atoms with Crippen molar-refractivity contribution in [3.05, 3.63) is 37.9 Å². The Bertz CT molecular complexity index is 478. The van der Waals surface area contributed by atoms with Gasteiger partial charge in [-0.25, -0.2) is 0 Å². The third-order valence-corrected chi connectivity index (χ3v) is 4.63. The fourth-order valence-electron chi connectivity index (χ4n) is 1.90. The number of nitrogens with one attached hydrogen (secondary N) is 1. The molecule has 0 saturated carbocycles. The zero-order valence-electron chi connectivity index (χ0n) is 9.98. The van der Waals surface area contributed by atoms with Gasteiger partial charge in [-0.05, 0) is 65.1 Å². The van der Waals surface area contributed by atoms with Crippen molar-refractivity contribution in [2.24, 2.45) is 7.05 Å². The number of hydrogen-bond donors (Lipinski definition) is 1. The maximum atomic E-state index is 4.19. The van der Waals surface area contributed by atoms with E-state index in [1.54, 1.807) is 11.3 Å². The molecule has 0 amide bonds. The Morgan fingerprint density at radius 1 is 1.59 bits per heavy atom. The predicted octanol–water partition coefficient (Wildman–Crippen LogP) is 2.98. The molecule has 2 aromatic heterocycles. The number of nitrogens with zero attached hydrogens (tertiary/aromatic N) is 2. The summed E-state index contributed by atoms with van der Waals surface area (Å²) in [5.74, 6) is 0. The van der Waals surface area contributed by atoms with Gasteiger partial charge in [-0.2, -0.15) is 5.10 Å². The van der Waals surface area contributed by atoms with Gasteiger partial charge in [0.05, 0.1) is 9.08 Å². The first kappa shape index (κ1) is 13.0. The first-order valence-corrected chi connectivity index (χ1v) is 7.53. The molecule has 0 saturated heterocycles. The minimum absolute atomic E-state index is 0.440. The van der Waals surface area contributed by atoms with Gasteiger partial charge in [-0.15, -0.1) is 11.3 Å². The van der Waals surface area contributed by atoms with E-state index in [-0.39, 0.29) is 0 Å². The highest BCUT2D eigenvalue weighted by atomic mass is 127. The quantitative estimate of drug-likeness (QED) is 0.830. The van der Waals surface area contributed by atoms with Crippen molar-refractivity contribution in [3.63, 3.8) is 0 Å². The lowest BCUT2D eigenvalue weighted by atomic mass is 10.0. The summed E-state index contributed by atoms with van der Waals surface area (Å²) in [6.07, 6.45) is 6.20. The molecule has 2 heterocycles. The Morgan fingerprint density at radius 3 is 2.94 bits per heavy atom. The van der Waals surface area contributed by atoms with Crippen LogP contribution in [0, 0.1) is 2.88 Å². The highest BCUT2D eigenvalue weighted by molar-refractivity contribution is 14.1. The van der Waals surface area contributed by atoms with E-state index in [0.717, 1.165) is 12.8 Å². The van der Waals surface area contributed by atoms with Crippen LogP contribution in [0.1, 0.15) is 23.6 Å². The number of aromatic nitrogens is 2. The second-order valence-electron chi connectivity index (χ2n) is 4.09. The average Bonchev–Trinajstić information content (AvgIpc) is 2.89. The summed E-state index contributed by atoms with van der Waals surface area (Å²) in [5, 5.41) is 9.82. The van der Waals surface area contributed by atoms with Gasteiger partial charge in [-0.1, -0.05) is 0 Å². The van der Waals surface area contributed by atoms with Crippen LogP contribution in [0.3, 0.4) is 0 Å². The number of hydrogen-bond acceptors (Lipinski definition) is 3. The van der Waals surface area contributed by atoms with Crippen LogP contribution < -0.4 is 5.32 Å². The van der Waals surface area contributed by atoms with Crippen molar-refractivity contribution in [3.8, 4) is 0 Å². The van der Waals surface area contributed by atoms with Crippen LogP contribution in [0.25, 0.3) is 0 Å². The molecule has 2 rings (SSSR count). The Kier molecular flexibility index (Phi) is 4.58. The molecule has 2 aromatic rings. The highest BCUT2D eigenvalue weighted by Crippen LogP contribution is 2.25. The van der Waals surface area contributed by atoms with Crippen molar-refractivity contribution in [1.82, 2.24) is 15.1 Å². The molecule has 3 nitrogen and oxygen atoms in total. The van der Waals surface area contributed by atoms with Crippen molar-refractivity contribution in [1.29, 1.82) is 0 Å². The summed E-state index contributed by atoms with van der Waals surface area (Å²) < 4.78 is 3.20. The Morgan fingerprint density at radius 2 is 2.41 bits per heavy atom. The Labute approximate surface area is 119 Å². The summed E-state index contributed by atoms with van der Waals surface area (Å²) in [7, 11) is 3.98. The van der Waals surface area contributed by atoms with Gasteiger partial charge in [0.15, 0.2) is 0 Å². The second-order valence-corrected chi connectivity index (χ2v) is 6.89. The smallest absolute Gasteiger partial charge is 0.0656 e. The molecule has 0 aliphatic heterocycles. The second kappa shape index (κ2) is 5.97. The lowest BCUT2D eigenvalue weighted by molar-refractivity contribution is 0.550. The number of aryl methyl sites for hydroxylation is 2. The normalized spacial score (nSPS) is 12.9. The summed E-state index contributed by atoms with van der Waals surface area (Å²) in [5.41, 5.74) is 2.70. The van der Waals surface area contributed by atoms with Crippen LogP contribution in [0.2, 0.25) is 0 Å². The molecule has 1 unspecified atom stereocenters. The fourth-order valence-corrected chi connectivity index (χ4v) is 3.32. The maximum Gasteiger partial charge on any atom is 0.0656 e. The topological polar surface area (TPSA) is 29.9 Å². The van der Waals surface area contributed by atoms with Gasteiger partial charge in [0.25, 0.3) is 0 Å². The first-order valence-electron chi connectivity index (χ1n) is 5.57. The number of thiophene rings is 1. The minimum Gasteiger partial charge on any atom is -0.313 e. The van der Waals surface area contributed by atoms with E-state index >= 15 is 0 Å². The van der Waals surface area contributed by atoms with Crippen LogP contribution >= 0.6 is 33.9 Å². The van der Waals surface area contributed by atoms with E-state index in [1.807, 2.05) is 25.0 Å². The van der Waals surface area contributed by atoms with Crippen molar-refractivity contribution in [2.75, 3.05) is 7.05 Å². The van der Waals surface area contributed by atoms with Crippen molar-refractivity contribution >= 4 is 33.9 Å². The van der Waals surface area contributed by atoms with E-state index in [4.69, 9.17) is 0 Å². The van der Waals surface area contributed by atoms with E-state index in [9.17, 15) is 0 Å². The van der Waals surface area contributed by atoms with Gasteiger partial charge in [0.2, 0.25) is 0 Å². The summed E-state index contributed by atoms with van der Waals surface area (Å²) >= 11 is 4.18. The van der Waals surface area contributed by atoms with Gasteiger partial charge < -0.3 is 5.32 Å². The third kappa shape index (κ3) is 3.53. The standard InChI is InChI=1S/C12H16IN3S/c1-14-11(10-5-12(13)17-8-10)4-3-9-6-15-16(2)7-9/h5-8,11,14H,3-4H2,1-2H3. The lowest BCUT2D eigenvalue weighted by Crippen LogP contribution is -2.16. The minimum atomic E-state index is 0.440. The number of rotatable bonds is 5. The van der Waals surface area contributed by atoms with E-state index in [1.165, 1.54) is 14.0 Å². The molecule has 0 spiro atoms. The third-order valence-electron chi connectivity index (χ3n) is 2.82. The maximum absolute atomic E-state index is 4.19. The van der Waals surface area contributed by atoms with Gasteiger partial charge in [-0.3, -0.25) is 4.68 Å². The molecular weight excluding hydrogens is 345 g/mol. The summed E-state index contributed by atoms with van der Waals surface area (Å²) in [6, 6.07) is 2.70. The molecule has 1 N–H and O–H groups in total. The Hall–Kier alpha value is -0.400. The first-order chi connectivity index (χ1) is 8.19. The van der Waals surface area contributed by atoms with E-state index in [0.29, 0.717) is 6.04 Å². The van der Waals surface area contributed by atoms with Gasteiger partial charge in [0.1, 0.15) is 0 Å². The molecule has 17 heavy (non-hydrogen) atoms. The predicted molar refractivity (Wildman–Crippen MR) is 80.4 cm³/mol. The van der Waals surface area contributed by atoms with Crippen molar-refractivity contribution < 1.29 is 0 Å². The monoisotopic (exact) mass is 361 g/mol. The molecule has 5 heteroatoms. The largest absolute Gasteiger partial charge is 0.313 e. The molecule has 0 fully saturated rings. The van der Waals surface area contributed by atoms with Crippen molar-refractivity contribution in [2.45, 2.75) is 18.9 Å². The van der Waals surface area contributed by atoms with Crippen LogP contribution in [-0.4, -0.2) is 16.8 Å². The van der Waals surface area contributed by atoms with Gasteiger partial charge in [0, 0.05) is 19.3 Å². The zero-order valence-corrected chi connectivity index (χ0v) is 13.0. The molecule has 0 bridgehead atoms. The molecular formula is C12H16IN3S. The summed E-state index contributed by atoms with van der Waals surface area (Å²) in [6.45, 7) is 0. The molecule has 0 aliphatic rings. The lowest BCUT2D eigenvalue weighted by Gasteiger charge is -2.13. The van der Waals surface area contributed by atoms with Crippen LogP contribution in [0.5, 0.6) is 0 Å². The molecule has 0 radical (unpaired) electrons. The van der Waals surface area contributed by atoms with Crippen LogP contribution in [0.4, 0.5) is 0 Å². The molecule has 1 atom stereocenters. The SMILES string of the molecule is CNC(CCc1cnn(C)c1)c1csc(I)c1. The van der Waals surface area contributed by atoms with Crippen LogP contribution in [0.15, 0.2) is 23.8 Å². The average molecular weight is 361 g/mol. The van der Waals surface area contributed by atoms with Gasteiger partial charge >= 0.3 is 0 Å². The summed E-state index contributed by atoms with van der Waals surface area (Å²) in [4.78, 5) is 0. The van der Waals surface area contributed by atoms with E-state index in [2.05, 4.69) is 50.6 Å². The Balaban J connectivity index is 1.96. The molecule has 0 aromatic carbocycles. The molecule has 0 aliphatic carbocycles.